The Bertz CT molecular complexity index is 579. The summed E-state index contributed by atoms with van der Waals surface area (Å²) < 4.78 is 5.43. The van der Waals surface area contributed by atoms with Gasteiger partial charge in [0.2, 0.25) is 0 Å². The van der Waals surface area contributed by atoms with Crippen LogP contribution in [0.2, 0.25) is 0 Å². The summed E-state index contributed by atoms with van der Waals surface area (Å²) in [4.78, 5) is 11.2. The second-order valence-electron chi connectivity index (χ2n) is 3.64. The summed E-state index contributed by atoms with van der Waals surface area (Å²) in [7, 11) is 0. The predicted octanol–water partition coefficient (Wildman–Crippen LogP) is 2.70. The van der Waals surface area contributed by atoms with Crippen LogP contribution in [0.15, 0.2) is 42.5 Å². The topological polar surface area (TPSA) is 50.1 Å². The Labute approximate surface area is 99.2 Å². The molecule has 0 amide bonds. The lowest BCUT2D eigenvalue weighted by molar-refractivity contribution is -0.120. The number of carbonyl (C=O) groups is 1. The summed E-state index contributed by atoms with van der Waals surface area (Å²) in [5, 5.41) is 10.4. The summed E-state index contributed by atoms with van der Waals surface area (Å²) in [6.07, 6.45) is -0.106. The van der Waals surface area contributed by atoms with Crippen molar-refractivity contribution in [3.8, 4) is 11.8 Å². The Balaban J connectivity index is 2.19. The molecule has 0 saturated carbocycles. The third-order valence-corrected chi connectivity index (χ3v) is 2.41. The van der Waals surface area contributed by atoms with E-state index in [-0.39, 0.29) is 18.8 Å². The molecular formula is C14H11NO2. The van der Waals surface area contributed by atoms with Crippen molar-refractivity contribution in [3.05, 3.63) is 42.5 Å². The first kappa shape index (κ1) is 11.2. The van der Waals surface area contributed by atoms with E-state index < -0.39 is 0 Å². The van der Waals surface area contributed by atoms with Crippen LogP contribution in [-0.2, 0) is 4.79 Å². The zero-order valence-electron chi connectivity index (χ0n) is 9.22. The van der Waals surface area contributed by atoms with E-state index in [1.165, 1.54) is 0 Å². The van der Waals surface area contributed by atoms with Crippen molar-refractivity contribution in [1.82, 2.24) is 0 Å². The third-order valence-electron chi connectivity index (χ3n) is 2.41. The van der Waals surface area contributed by atoms with Gasteiger partial charge in [0.05, 0.1) is 12.5 Å². The van der Waals surface area contributed by atoms with Crippen LogP contribution in [0.4, 0.5) is 0 Å². The predicted molar refractivity (Wildman–Crippen MR) is 64.7 cm³/mol. The fraction of sp³-hybridized carbons (Fsp3) is 0.143. The van der Waals surface area contributed by atoms with E-state index in [9.17, 15) is 4.79 Å². The van der Waals surface area contributed by atoms with E-state index in [4.69, 9.17) is 10.00 Å². The Morgan fingerprint density at radius 1 is 1.18 bits per heavy atom. The molecule has 2 rings (SSSR count). The van der Waals surface area contributed by atoms with Crippen LogP contribution in [0.5, 0.6) is 5.75 Å². The number of hydrogen-bond acceptors (Lipinski definition) is 3. The third kappa shape index (κ3) is 2.61. The minimum atomic E-state index is -0.208. The number of rotatable bonds is 4. The summed E-state index contributed by atoms with van der Waals surface area (Å²) in [6, 6.07) is 15.3. The molecule has 0 radical (unpaired) electrons. The Hall–Kier alpha value is -2.34. The lowest BCUT2D eigenvalue weighted by Gasteiger charge is -2.07. The molecule has 0 unspecified atom stereocenters. The normalized spacial score (nSPS) is 9.82. The summed E-state index contributed by atoms with van der Waals surface area (Å²) in [6.45, 7) is -0.0540. The van der Waals surface area contributed by atoms with Gasteiger partial charge in [0, 0.05) is 5.39 Å². The molecule has 17 heavy (non-hydrogen) atoms. The van der Waals surface area contributed by atoms with Crippen molar-refractivity contribution >= 4 is 16.6 Å². The highest BCUT2D eigenvalue weighted by Crippen LogP contribution is 2.24. The monoisotopic (exact) mass is 225 g/mol. The maximum atomic E-state index is 11.2. The fourth-order valence-corrected chi connectivity index (χ4v) is 1.62. The van der Waals surface area contributed by atoms with Crippen molar-refractivity contribution in [2.45, 2.75) is 6.42 Å². The molecule has 2 aromatic carbocycles. The van der Waals surface area contributed by atoms with Crippen molar-refractivity contribution < 1.29 is 9.53 Å². The molecule has 0 saturated heterocycles. The van der Waals surface area contributed by atoms with Crippen LogP contribution < -0.4 is 4.74 Å². The zero-order chi connectivity index (χ0) is 12.1. The molecule has 84 valence electrons. The van der Waals surface area contributed by atoms with Gasteiger partial charge in [-0.15, -0.1) is 0 Å². The molecule has 0 aliphatic carbocycles. The molecule has 0 aliphatic heterocycles. The van der Waals surface area contributed by atoms with Gasteiger partial charge in [-0.1, -0.05) is 36.4 Å². The number of ether oxygens (including phenoxy) is 1. The van der Waals surface area contributed by atoms with E-state index in [1.807, 2.05) is 48.5 Å². The largest absolute Gasteiger partial charge is 0.485 e. The fourth-order valence-electron chi connectivity index (χ4n) is 1.62. The molecular weight excluding hydrogens is 214 g/mol. The second-order valence-corrected chi connectivity index (χ2v) is 3.64. The zero-order valence-corrected chi connectivity index (χ0v) is 9.22. The molecule has 0 bridgehead atoms. The van der Waals surface area contributed by atoms with Gasteiger partial charge < -0.3 is 4.74 Å². The first-order chi connectivity index (χ1) is 8.31. The van der Waals surface area contributed by atoms with E-state index in [0.717, 1.165) is 10.8 Å². The summed E-state index contributed by atoms with van der Waals surface area (Å²) >= 11 is 0. The lowest BCUT2D eigenvalue weighted by Crippen LogP contribution is -2.10. The molecule has 0 spiro atoms. The van der Waals surface area contributed by atoms with Crippen molar-refractivity contribution in [2.75, 3.05) is 6.61 Å². The highest BCUT2D eigenvalue weighted by Gasteiger charge is 2.04. The lowest BCUT2D eigenvalue weighted by atomic mass is 10.1. The SMILES string of the molecule is N#CCC(=O)COc1cccc2ccccc12. The molecule has 2 aromatic rings. The molecule has 0 N–H and O–H groups in total. The number of nitriles is 1. The number of ketones is 1. The van der Waals surface area contributed by atoms with E-state index in [2.05, 4.69) is 0 Å². The Morgan fingerprint density at radius 2 is 1.94 bits per heavy atom. The Kier molecular flexibility index (Phi) is 3.37. The highest BCUT2D eigenvalue weighted by molar-refractivity contribution is 5.89. The van der Waals surface area contributed by atoms with Gasteiger partial charge in [0.1, 0.15) is 12.4 Å². The van der Waals surface area contributed by atoms with Crippen LogP contribution in [0.3, 0.4) is 0 Å². The Morgan fingerprint density at radius 3 is 2.76 bits per heavy atom. The maximum Gasteiger partial charge on any atom is 0.184 e. The van der Waals surface area contributed by atoms with Gasteiger partial charge in [0.15, 0.2) is 5.78 Å². The first-order valence-electron chi connectivity index (χ1n) is 5.30. The van der Waals surface area contributed by atoms with E-state index in [1.54, 1.807) is 0 Å². The molecule has 0 heterocycles. The average Bonchev–Trinajstić information content (AvgIpc) is 2.36. The molecule has 0 fully saturated rings. The standard InChI is InChI=1S/C14H11NO2/c15-9-8-12(16)10-17-14-7-3-5-11-4-1-2-6-13(11)14/h1-7H,8,10H2. The maximum absolute atomic E-state index is 11.2. The highest BCUT2D eigenvalue weighted by atomic mass is 16.5. The van der Waals surface area contributed by atoms with Crippen molar-refractivity contribution in [3.63, 3.8) is 0 Å². The van der Waals surface area contributed by atoms with Crippen molar-refractivity contribution in [1.29, 1.82) is 5.26 Å². The summed E-state index contributed by atoms with van der Waals surface area (Å²) in [5.74, 6) is 0.467. The minimum absolute atomic E-state index is 0.0540. The minimum Gasteiger partial charge on any atom is -0.485 e. The quantitative estimate of drug-likeness (QED) is 0.803. The van der Waals surface area contributed by atoms with Crippen molar-refractivity contribution in [2.24, 2.45) is 0 Å². The van der Waals surface area contributed by atoms with E-state index >= 15 is 0 Å². The number of nitrogens with zero attached hydrogens (tertiary/aromatic N) is 1. The average molecular weight is 225 g/mol. The van der Waals surface area contributed by atoms with Gasteiger partial charge in [-0.2, -0.15) is 5.26 Å². The van der Waals surface area contributed by atoms with Gasteiger partial charge in [-0.3, -0.25) is 4.79 Å². The van der Waals surface area contributed by atoms with Crippen LogP contribution in [0.25, 0.3) is 10.8 Å². The first-order valence-corrected chi connectivity index (χ1v) is 5.30. The smallest absolute Gasteiger partial charge is 0.184 e. The van der Waals surface area contributed by atoms with Gasteiger partial charge in [-0.25, -0.2) is 0 Å². The number of benzene rings is 2. The number of carbonyl (C=O) groups excluding carboxylic acids is 1. The molecule has 0 aromatic heterocycles. The number of Topliss-reactive ketones (excluding diaryl/α,β-unsaturated/α-hetero) is 1. The van der Waals surface area contributed by atoms with Crippen LogP contribution in [0, 0.1) is 11.3 Å². The second kappa shape index (κ2) is 5.13. The molecule has 3 heteroatoms. The van der Waals surface area contributed by atoms with Crippen LogP contribution >= 0.6 is 0 Å². The molecule has 0 aliphatic rings. The number of fused-ring (bicyclic) bond motifs is 1. The van der Waals surface area contributed by atoms with Crippen LogP contribution in [-0.4, -0.2) is 12.4 Å². The molecule has 3 nitrogen and oxygen atoms in total. The summed E-state index contributed by atoms with van der Waals surface area (Å²) in [5.41, 5.74) is 0. The van der Waals surface area contributed by atoms with Gasteiger partial charge in [-0.05, 0) is 11.5 Å². The van der Waals surface area contributed by atoms with Gasteiger partial charge in [0.25, 0.3) is 0 Å². The van der Waals surface area contributed by atoms with Gasteiger partial charge >= 0.3 is 0 Å². The molecule has 0 atom stereocenters. The van der Waals surface area contributed by atoms with Crippen LogP contribution in [0.1, 0.15) is 6.42 Å². The number of hydrogen-bond donors (Lipinski definition) is 0. The van der Waals surface area contributed by atoms with E-state index in [0.29, 0.717) is 5.75 Å².